The van der Waals surface area contributed by atoms with Crippen LogP contribution in [0.15, 0.2) is 48.5 Å². The molecule has 1 aliphatic rings. The van der Waals surface area contributed by atoms with E-state index < -0.39 is 0 Å². The van der Waals surface area contributed by atoms with Crippen molar-refractivity contribution in [1.82, 2.24) is 4.90 Å². The molecule has 2 aromatic carbocycles. The van der Waals surface area contributed by atoms with Gasteiger partial charge in [-0.2, -0.15) is 0 Å². The molecule has 3 nitrogen and oxygen atoms in total. The van der Waals surface area contributed by atoms with E-state index in [1.165, 1.54) is 17.5 Å². The Balaban J connectivity index is 1.53. The van der Waals surface area contributed by atoms with Crippen molar-refractivity contribution >= 4 is 0 Å². The zero-order valence-electron chi connectivity index (χ0n) is 14.0. The molecule has 0 aromatic heterocycles. The van der Waals surface area contributed by atoms with Gasteiger partial charge in [0, 0.05) is 6.54 Å². The molecule has 122 valence electrons. The minimum atomic E-state index is 0.222. The molecule has 1 saturated heterocycles. The maximum Gasteiger partial charge on any atom is 0.152 e. The molecule has 3 rings (SSSR count). The maximum atomic E-state index is 6.08. The summed E-state index contributed by atoms with van der Waals surface area (Å²) in [4.78, 5) is 2.38. The third-order valence-corrected chi connectivity index (χ3v) is 4.33. The zero-order valence-corrected chi connectivity index (χ0v) is 14.0. The summed E-state index contributed by atoms with van der Waals surface area (Å²) < 4.78 is 11.9. The fourth-order valence-corrected chi connectivity index (χ4v) is 2.91. The van der Waals surface area contributed by atoms with E-state index in [9.17, 15) is 0 Å². The van der Waals surface area contributed by atoms with E-state index in [-0.39, 0.29) is 6.23 Å². The third-order valence-electron chi connectivity index (χ3n) is 4.33. The van der Waals surface area contributed by atoms with Gasteiger partial charge in [-0.15, -0.1) is 0 Å². The lowest BCUT2D eigenvalue weighted by Crippen LogP contribution is -2.33. The van der Waals surface area contributed by atoms with Gasteiger partial charge < -0.3 is 9.47 Å². The summed E-state index contributed by atoms with van der Waals surface area (Å²) in [5.74, 6) is 1.79. The van der Waals surface area contributed by atoms with Crippen molar-refractivity contribution in [2.75, 3.05) is 13.1 Å². The second-order valence-electron chi connectivity index (χ2n) is 6.09. The third kappa shape index (κ3) is 4.26. The van der Waals surface area contributed by atoms with Crippen LogP contribution in [-0.4, -0.2) is 24.2 Å². The molecule has 0 N–H and O–H groups in total. The fourth-order valence-electron chi connectivity index (χ4n) is 2.91. The molecule has 0 radical (unpaired) electrons. The van der Waals surface area contributed by atoms with Crippen LogP contribution in [0.1, 0.15) is 30.9 Å². The van der Waals surface area contributed by atoms with E-state index in [0.29, 0.717) is 6.61 Å². The minimum Gasteiger partial charge on any atom is -0.489 e. The molecule has 1 heterocycles. The number of benzene rings is 2. The molecule has 3 heteroatoms. The van der Waals surface area contributed by atoms with Crippen LogP contribution in [0, 0.1) is 6.92 Å². The van der Waals surface area contributed by atoms with Gasteiger partial charge in [0.15, 0.2) is 6.23 Å². The Kier molecular flexibility index (Phi) is 5.19. The van der Waals surface area contributed by atoms with Crippen LogP contribution in [0.2, 0.25) is 0 Å². The van der Waals surface area contributed by atoms with E-state index in [0.717, 1.165) is 31.0 Å². The lowest BCUT2D eigenvalue weighted by Gasteiger charge is -2.23. The average molecular weight is 311 g/mol. The van der Waals surface area contributed by atoms with Gasteiger partial charge in [-0.25, -0.2) is 0 Å². The molecule has 0 bridgehead atoms. The van der Waals surface area contributed by atoms with Crippen LogP contribution >= 0.6 is 0 Å². The number of hydrogen-bond acceptors (Lipinski definition) is 3. The number of nitrogens with zero attached hydrogens (tertiary/aromatic N) is 1. The predicted octanol–water partition coefficient (Wildman–Crippen LogP) is 4.39. The molecule has 0 saturated carbocycles. The summed E-state index contributed by atoms with van der Waals surface area (Å²) in [5.41, 5.74) is 2.45. The van der Waals surface area contributed by atoms with Crippen LogP contribution in [0.3, 0.4) is 0 Å². The lowest BCUT2D eigenvalue weighted by atomic mass is 10.2. The van der Waals surface area contributed by atoms with Crippen LogP contribution in [0.25, 0.3) is 0 Å². The number of aryl methyl sites for hydroxylation is 1. The van der Waals surface area contributed by atoms with Gasteiger partial charge in [0.2, 0.25) is 0 Å². The van der Waals surface area contributed by atoms with E-state index in [2.05, 4.69) is 43.0 Å². The highest BCUT2D eigenvalue weighted by Crippen LogP contribution is 2.24. The summed E-state index contributed by atoms with van der Waals surface area (Å²) in [6.45, 7) is 7.05. The summed E-state index contributed by atoms with van der Waals surface area (Å²) in [6, 6.07) is 16.4. The van der Waals surface area contributed by atoms with Gasteiger partial charge in [-0.1, -0.05) is 36.8 Å². The van der Waals surface area contributed by atoms with Crippen molar-refractivity contribution in [2.24, 2.45) is 0 Å². The standard InChI is InChI=1S/C20H25NO2/c1-3-21-14-4-5-20(21)23-19-12-10-18(11-13-19)22-15-17-8-6-16(2)7-9-17/h6-13,20H,3-5,14-15H2,1-2H3. The molecule has 1 aliphatic heterocycles. The largest absolute Gasteiger partial charge is 0.489 e. The Morgan fingerprint density at radius 3 is 2.39 bits per heavy atom. The fraction of sp³-hybridized carbons (Fsp3) is 0.400. The number of likely N-dealkylation sites (tertiary alicyclic amines) is 1. The van der Waals surface area contributed by atoms with Crippen LogP contribution < -0.4 is 9.47 Å². The van der Waals surface area contributed by atoms with Gasteiger partial charge in [-0.3, -0.25) is 4.90 Å². The highest BCUT2D eigenvalue weighted by Gasteiger charge is 2.24. The number of rotatable bonds is 6. The van der Waals surface area contributed by atoms with E-state index in [4.69, 9.17) is 9.47 Å². The Morgan fingerprint density at radius 1 is 1.00 bits per heavy atom. The molecule has 23 heavy (non-hydrogen) atoms. The van der Waals surface area contributed by atoms with Crippen molar-refractivity contribution in [3.63, 3.8) is 0 Å². The number of hydrogen-bond donors (Lipinski definition) is 0. The molecule has 2 aromatic rings. The summed E-state index contributed by atoms with van der Waals surface area (Å²) >= 11 is 0. The first-order chi connectivity index (χ1) is 11.2. The molecule has 0 aliphatic carbocycles. The summed E-state index contributed by atoms with van der Waals surface area (Å²) in [5, 5.41) is 0. The first-order valence-corrected chi connectivity index (χ1v) is 8.43. The average Bonchev–Trinajstić information content (AvgIpc) is 3.03. The van der Waals surface area contributed by atoms with Crippen LogP contribution in [-0.2, 0) is 6.61 Å². The van der Waals surface area contributed by atoms with Gasteiger partial charge >= 0.3 is 0 Å². The van der Waals surface area contributed by atoms with Gasteiger partial charge in [0.05, 0.1) is 0 Å². The monoisotopic (exact) mass is 311 g/mol. The lowest BCUT2D eigenvalue weighted by molar-refractivity contribution is 0.0649. The molecule has 0 spiro atoms. The van der Waals surface area contributed by atoms with Crippen molar-refractivity contribution in [2.45, 2.75) is 39.5 Å². The van der Waals surface area contributed by atoms with Gasteiger partial charge in [-0.05, 0) is 56.1 Å². The van der Waals surface area contributed by atoms with Crippen molar-refractivity contribution in [1.29, 1.82) is 0 Å². The Morgan fingerprint density at radius 2 is 1.70 bits per heavy atom. The van der Waals surface area contributed by atoms with E-state index >= 15 is 0 Å². The van der Waals surface area contributed by atoms with E-state index in [1.807, 2.05) is 24.3 Å². The highest BCUT2D eigenvalue weighted by atomic mass is 16.5. The van der Waals surface area contributed by atoms with Crippen LogP contribution in [0.4, 0.5) is 0 Å². The van der Waals surface area contributed by atoms with Crippen LogP contribution in [0.5, 0.6) is 11.5 Å². The van der Waals surface area contributed by atoms with Crippen molar-refractivity contribution in [3.8, 4) is 11.5 Å². The quantitative estimate of drug-likeness (QED) is 0.789. The molecule has 1 fully saturated rings. The first-order valence-electron chi connectivity index (χ1n) is 8.43. The Labute approximate surface area is 138 Å². The number of ether oxygens (including phenoxy) is 2. The van der Waals surface area contributed by atoms with Gasteiger partial charge in [0.25, 0.3) is 0 Å². The van der Waals surface area contributed by atoms with E-state index in [1.54, 1.807) is 0 Å². The first kappa shape index (κ1) is 15.9. The maximum absolute atomic E-state index is 6.08. The van der Waals surface area contributed by atoms with Gasteiger partial charge in [0.1, 0.15) is 18.1 Å². The molecule has 0 amide bonds. The zero-order chi connectivity index (χ0) is 16.1. The molecule has 1 atom stereocenters. The smallest absolute Gasteiger partial charge is 0.152 e. The van der Waals surface area contributed by atoms with Crippen molar-refractivity contribution in [3.05, 3.63) is 59.7 Å². The predicted molar refractivity (Wildman–Crippen MR) is 92.9 cm³/mol. The molecular formula is C20H25NO2. The highest BCUT2D eigenvalue weighted by molar-refractivity contribution is 5.32. The minimum absolute atomic E-state index is 0.222. The second kappa shape index (κ2) is 7.51. The normalized spacial score (nSPS) is 18.1. The Hall–Kier alpha value is -2.00. The Bertz CT molecular complexity index is 607. The van der Waals surface area contributed by atoms with Crippen molar-refractivity contribution < 1.29 is 9.47 Å². The molecule has 1 unspecified atom stereocenters. The second-order valence-corrected chi connectivity index (χ2v) is 6.09. The topological polar surface area (TPSA) is 21.7 Å². The molecular weight excluding hydrogens is 286 g/mol. The SMILES string of the molecule is CCN1CCCC1Oc1ccc(OCc2ccc(C)cc2)cc1. The summed E-state index contributed by atoms with van der Waals surface area (Å²) in [6.07, 6.45) is 2.55. The summed E-state index contributed by atoms with van der Waals surface area (Å²) in [7, 11) is 0.